The number of halogens is 1. The molecule has 0 amide bonds. The van der Waals surface area contributed by atoms with E-state index in [2.05, 4.69) is 20.6 Å². The molecule has 2 N–H and O–H groups in total. The highest BCUT2D eigenvalue weighted by molar-refractivity contribution is 5.36. The molecule has 4 nitrogen and oxygen atoms in total. The van der Waals surface area contributed by atoms with Gasteiger partial charge >= 0.3 is 0 Å². The number of nitrogens with one attached hydrogen (secondary N) is 2. The fraction of sp³-hybridized carbons (Fsp3) is 0.636. The van der Waals surface area contributed by atoms with Crippen LogP contribution in [0.2, 0.25) is 0 Å². The average molecular weight is 224 g/mol. The van der Waals surface area contributed by atoms with Crippen LogP contribution in [0.1, 0.15) is 18.5 Å². The Balaban J connectivity index is 1.82. The molecule has 0 radical (unpaired) electrons. The van der Waals surface area contributed by atoms with Crippen molar-refractivity contribution in [2.45, 2.75) is 19.8 Å². The largest absolute Gasteiger partial charge is 0.368 e. The minimum atomic E-state index is -0.341. The third-order valence-corrected chi connectivity index (χ3v) is 2.97. The van der Waals surface area contributed by atoms with E-state index >= 15 is 0 Å². The van der Waals surface area contributed by atoms with E-state index in [1.54, 1.807) is 6.92 Å². The van der Waals surface area contributed by atoms with Crippen molar-refractivity contribution < 1.29 is 4.39 Å². The van der Waals surface area contributed by atoms with E-state index < -0.39 is 0 Å². The minimum Gasteiger partial charge on any atom is -0.368 e. The Morgan fingerprint density at radius 3 is 3.19 bits per heavy atom. The quantitative estimate of drug-likeness (QED) is 0.810. The van der Waals surface area contributed by atoms with Gasteiger partial charge in [0, 0.05) is 6.54 Å². The van der Waals surface area contributed by atoms with Gasteiger partial charge in [0.15, 0.2) is 11.6 Å². The van der Waals surface area contributed by atoms with Crippen molar-refractivity contribution in [2.24, 2.45) is 5.92 Å². The first-order valence-electron chi connectivity index (χ1n) is 5.69. The molecule has 2 rings (SSSR count). The maximum absolute atomic E-state index is 13.5. The third kappa shape index (κ3) is 2.66. The summed E-state index contributed by atoms with van der Waals surface area (Å²) in [6.45, 7) is 4.58. The van der Waals surface area contributed by atoms with Gasteiger partial charge in [0.1, 0.15) is 6.33 Å². The molecular weight excluding hydrogens is 207 g/mol. The fourth-order valence-corrected chi connectivity index (χ4v) is 1.94. The Bertz CT molecular complexity index is 350. The molecule has 1 fully saturated rings. The van der Waals surface area contributed by atoms with Gasteiger partial charge in [-0.3, -0.25) is 0 Å². The summed E-state index contributed by atoms with van der Waals surface area (Å²) in [5.41, 5.74) is 0.389. The highest BCUT2D eigenvalue weighted by Gasteiger charge is 2.14. The predicted octanol–water partition coefficient (Wildman–Crippen LogP) is 1.34. The van der Waals surface area contributed by atoms with Crippen LogP contribution in [-0.2, 0) is 0 Å². The lowest BCUT2D eigenvalue weighted by Crippen LogP contribution is -2.14. The van der Waals surface area contributed by atoms with Crippen LogP contribution in [0.5, 0.6) is 0 Å². The maximum Gasteiger partial charge on any atom is 0.186 e. The second kappa shape index (κ2) is 5.21. The lowest BCUT2D eigenvalue weighted by atomic mass is 10.1. The van der Waals surface area contributed by atoms with Crippen molar-refractivity contribution in [1.82, 2.24) is 15.3 Å². The lowest BCUT2D eigenvalue weighted by molar-refractivity contribution is 0.545. The number of anilines is 1. The Labute approximate surface area is 94.7 Å². The first-order chi connectivity index (χ1) is 7.77. The number of rotatable bonds is 4. The van der Waals surface area contributed by atoms with Crippen molar-refractivity contribution >= 4 is 5.82 Å². The third-order valence-electron chi connectivity index (χ3n) is 2.97. The van der Waals surface area contributed by atoms with Crippen LogP contribution in [0.15, 0.2) is 6.33 Å². The molecular formula is C11H17FN4. The highest BCUT2D eigenvalue weighted by atomic mass is 19.1. The fourth-order valence-electron chi connectivity index (χ4n) is 1.94. The Hall–Kier alpha value is -1.23. The summed E-state index contributed by atoms with van der Waals surface area (Å²) in [4.78, 5) is 7.68. The minimum absolute atomic E-state index is 0.318. The average Bonchev–Trinajstić information content (AvgIpc) is 2.77. The van der Waals surface area contributed by atoms with E-state index in [1.165, 1.54) is 12.7 Å². The molecule has 0 aliphatic carbocycles. The summed E-state index contributed by atoms with van der Waals surface area (Å²) in [5.74, 6) is 0.684. The molecule has 1 aliphatic rings. The standard InChI is InChI=1S/C11H17FN4/c1-8-10(12)11(16-7-15-8)14-5-3-9-2-4-13-6-9/h7,9,13H,2-6H2,1H3,(H,14,15,16). The van der Waals surface area contributed by atoms with E-state index in [-0.39, 0.29) is 5.82 Å². The molecule has 2 heterocycles. The Kier molecular flexibility index (Phi) is 3.66. The van der Waals surface area contributed by atoms with Crippen LogP contribution in [0, 0.1) is 18.7 Å². The smallest absolute Gasteiger partial charge is 0.186 e. The highest BCUT2D eigenvalue weighted by Crippen LogP contribution is 2.14. The van der Waals surface area contributed by atoms with Crippen LogP contribution < -0.4 is 10.6 Å². The van der Waals surface area contributed by atoms with Crippen LogP contribution in [0.4, 0.5) is 10.2 Å². The van der Waals surface area contributed by atoms with Gasteiger partial charge in [-0.15, -0.1) is 0 Å². The Morgan fingerprint density at radius 1 is 1.56 bits per heavy atom. The predicted molar refractivity (Wildman–Crippen MR) is 60.8 cm³/mol. The van der Waals surface area contributed by atoms with E-state index in [4.69, 9.17) is 0 Å². The monoisotopic (exact) mass is 224 g/mol. The summed E-state index contributed by atoms with van der Waals surface area (Å²) in [6.07, 6.45) is 3.65. The van der Waals surface area contributed by atoms with Gasteiger partial charge in [-0.1, -0.05) is 0 Å². The summed E-state index contributed by atoms with van der Waals surface area (Å²) in [7, 11) is 0. The van der Waals surface area contributed by atoms with Gasteiger partial charge in [-0.25, -0.2) is 14.4 Å². The second-order valence-electron chi connectivity index (χ2n) is 4.20. The topological polar surface area (TPSA) is 49.8 Å². The molecule has 1 atom stereocenters. The molecule has 0 spiro atoms. The molecule has 1 saturated heterocycles. The van der Waals surface area contributed by atoms with Crippen molar-refractivity contribution in [3.8, 4) is 0 Å². The van der Waals surface area contributed by atoms with E-state index in [0.717, 1.165) is 26.1 Å². The molecule has 1 unspecified atom stereocenters. The van der Waals surface area contributed by atoms with Gasteiger partial charge in [0.05, 0.1) is 5.69 Å². The normalized spacial score (nSPS) is 20.0. The number of hydrogen-bond donors (Lipinski definition) is 2. The molecule has 0 saturated carbocycles. The van der Waals surface area contributed by atoms with Gasteiger partial charge in [0.2, 0.25) is 0 Å². The van der Waals surface area contributed by atoms with Crippen LogP contribution in [-0.4, -0.2) is 29.6 Å². The van der Waals surface area contributed by atoms with Crippen molar-refractivity contribution in [3.05, 3.63) is 17.8 Å². The molecule has 88 valence electrons. The second-order valence-corrected chi connectivity index (χ2v) is 4.20. The van der Waals surface area contributed by atoms with Gasteiger partial charge in [0.25, 0.3) is 0 Å². The number of hydrogen-bond acceptors (Lipinski definition) is 4. The number of aryl methyl sites for hydroxylation is 1. The number of aromatic nitrogens is 2. The molecule has 16 heavy (non-hydrogen) atoms. The summed E-state index contributed by atoms with van der Waals surface area (Å²) < 4.78 is 13.5. The van der Waals surface area contributed by atoms with Crippen LogP contribution in [0.3, 0.4) is 0 Å². The molecule has 1 aromatic rings. The van der Waals surface area contributed by atoms with Crippen molar-refractivity contribution in [1.29, 1.82) is 0 Å². The molecule has 5 heteroatoms. The molecule has 1 aromatic heterocycles. The summed E-state index contributed by atoms with van der Waals surface area (Å²) in [5, 5.41) is 6.34. The Morgan fingerprint density at radius 2 is 2.44 bits per heavy atom. The SMILES string of the molecule is Cc1ncnc(NCCC2CCNC2)c1F. The molecule has 0 bridgehead atoms. The number of nitrogens with zero attached hydrogens (tertiary/aromatic N) is 2. The van der Waals surface area contributed by atoms with Crippen molar-refractivity contribution in [2.75, 3.05) is 25.0 Å². The van der Waals surface area contributed by atoms with Gasteiger partial charge in [-0.05, 0) is 38.8 Å². The summed E-state index contributed by atoms with van der Waals surface area (Å²) in [6, 6.07) is 0. The summed E-state index contributed by atoms with van der Waals surface area (Å²) >= 11 is 0. The zero-order valence-electron chi connectivity index (χ0n) is 9.46. The lowest BCUT2D eigenvalue weighted by Gasteiger charge is -2.10. The van der Waals surface area contributed by atoms with E-state index in [9.17, 15) is 4.39 Å². The van der Waals surface area contributed by atoms with Crippen LogP contribution in [0.25, 0.3) is 0 Å². The first-order valence-corrected chi connectivity index (χ1v) is 5.69. The zero-order valence-corrected chi connectivity index (χ0v) is 9.46. The van der Waals surface area contributed by atoms with Gasteiger partial charge in [-0.2, -0.15) is 0 Å². The zero-order chi connectivity index (χ0) is 11.4. The van der Waals surface area contributed by atoms with E-state index in [0.29, 0.717) is 17.4 Å². The maximum atomic E-state index is 13.5. The van der Waals surface area contributed by atoms with Crippen molar-refractivity contribution in [3.63, 3.8) is 0 Å². The van der Waals surface area contributed by atoms with Crippen LogP contribution >= 0.6 is 0 Å². The van der Waals surface area contributed by atoms with E-state index in [1.807, 2.05) is 0 Å². The van der Waals surface area contributed by atoms with Gasteiger partial charge < -0.3 is 10.6 Å². The molecule has 0 aromatic carbocycles. The first kappa shape index (κ1) is 11.3. The molecule has 1 aliphatic heterocycles.